The van der Waals surface area contributed by atoms with Gasteiger partial charge in [-0.1, -0.05) is 12.1 Å². The molecule has 1 aliphatic rings. The molecule has 1 aliphatic heterocycles. The molecule has 20 heavy (non-hydrogen) atoms. The summed E-state index contributed by atoms with van der Waals surface area (Å²) in [4.78, 5) is 9.21. The monoisotopic (exact) mass is 271 g/mol. The quantitative estimate of drug-likeness (QED) is 0.912. The summed E-state index contributed by atoms with van der Waals surface area (Å²) in [7, 11) is 0. The number of aromatic nitrogens is 2. The van der Waals surface area contributed by atoms with Gasteiger partial charge in [0.25, 0.3) is 0 Å². The Morgan fingerprint density at radius 2 is 2.15 bits per heavy atom. The lowest BCUT2D eigenvalue weighted by molar-refractivity contribution is 0.446. The van der Waals surface area contributed by atoms with Gasteiger partial charge < -0.3 is 5.32 Å². The summed E-state index contributed by atoms with van der Waals surface area (Å²) >= 11 is 0. The summed E-state index contributed by atoms with van der Waals surface area (Å²) in [6.07, 6.45) is 2.26. The van der Waals surface area contributed by atoms with Gasteiger partial charge in [0, 0.05) is 23.7 Å². The Hall–Kier alpha value is -1.81. The van der Waals surface area contributed by atoms with E-state index in [2.05, 4.69) is 15.3 Å². The summed E-state index contributed by atoms with van der Waals surface area (Å²) in [6.45, 7) is 3.95. The van der Waals surface area contributed by atoms with Crippen LogP contribution < -0.4 is 5.32 Å². The number of aryl methyl sites for hydroxylation is 1. The van der Waals surface area contributed by atoms with Crippen molar-refractivity contribution in [3.8, 4) is 11.3 Å². The standard InChI is InChI=1S/C16H18FN3/c1-11-8-15(12-4-2-6-14(17)9-12)20-16(19-11)13-5-3-7-18-10-13/h2,4,6,8-9,13,18H,3,5,7,10H2,1H3. The van der Waals surface area contributed by atoms with Crippen molar-refractivity contribution >= 4 is 0 Å². The van der Waals surface area contributed by atoms with Crippen molar-refractivity contribution < 1.29 is 4.39 Å². The van der Waals surface area contributed by atoms with E-state index in [9.17, 15) is 4.39 Å². The van der Waals surface area contributed by atoms with Crippen LogP contribution in [0.5, 0.6) is 0 Å². The van der Waals surface area contributed by atoms with E-state index in [0.29, 0.717) is 5.92 Å². The van der Waals surface area contributed by atoms with Gasteiger partial charge in [-0.2, -0.15) is 0 Å². The summed E-state index contributed by atoms with van der Waals surface area (Å²) in [6, 6.07) is 8.47. The molecule has 2 aromatic rings. The average Bonchev–Trinajstić information content (AvgIpc) is 2.47. The van der Waals surface area contributed by atoms with Crippen LogP contribution in [0.15, 0.2) is 30.3 Å². The zero-order chi connectivity index (χ0) is 13.9. The van der Waals surface area contributed by atoms with E-state index in [4.69, 9.17) is 0 Å². The van der Waals surface area contributed by atoms with Crippen LogP contribution in [0.1, 0.15) is 30.3 Å². The first-order valence-corrected chi connectivity index (χ1v) is 7.04. The maximum atomic E-state index is 13.4. The van der Waals surface area contributed by atoms with E-state index in [-0.39, 0.29) is 5.82 Å². The summed E-state index contributed by atoms with van der Waals surface area (Å²) < 4.78 is 13.4. The number of hydrogen-bond donors (Lipinski definition) is 1. The zero-order valence-electron chi connectivity index (χ0n) is 11.6. The van der Waals surface area contributed by atoms with Gasteiger partial charge in [-0.05, 0) is 44.5 Å². The molecule has 0 aliphatic carbocycles. The molecule has 1 fully saturated rings. The lowest BCUT2D eigenvalue weighted by Gasteiger charge is -2.22. The maximum absolute atomic E-state index is 13.4. The van der Waals surface area contributed by atoms with Crippen LogP contribution in [-0.4, -0.2) is 23.1 Å². The molecule has 3 nitrogen and oxygen atoms in total. The van der Waals surface area contributed by atoms with Crippen LogP contribution in [0.25, 0.3) is 11.3 Å². The lowest BCUT2D eigenvalue weighted by Crippen LogP contribution is -2.29. The predicted molar refractivity (Wildman–Crippen MR) is 77.0 cm³/mol. The Labute approximate surface area is 118 Å². The first-order chi connectivity index (χ1) is 9.72. The van der Waals surface area contributed by atoms with Crippen molar-refractivity contribution in [1.82, 2.24) is 15.3 Å². The fourth-order valence-corrected chi connectivity index (χ4v) is 2.64. The third kappa shape index (κ3) is 2.85. The highest BCUT2D eigenvalue weighted by Gasteiger charge is 2.19. The van der Waals surface area contributed by atoms with Crippen LogP contribution in [-0.2, 0) is 0 Å². The number of nitrogens with zero attached hydrogens (tertiary/aromatic N) is 2. The molecule has 1 aromatic heterocycles. The molecule has 1 saturated heterocycles. The van der Waals surface area contributed by atoms with Gasteiger partial charge in [0.2, 0.25) is 0 Å². The van der Waals surface area contributed by atoms with Crippen molar-refractivity contribution in [2.75, 3.05) is 13.1 Å². The van der Waals surface area contributed by atoms with E-state index in [0.717, 1.165) is 48.7 Å². The number of nitrogens with one attached hydrogen (secondary N) is 1. The van der Waals surface area contributed by atoms with Crippen molar-refractivity contribution in [3.63, 3.8) is 0 Å². The van der Waals surface area contributed by atoms with Gasteiger partial charge in [-0.15, -0.1) is 0 Å². The number of hydrogen-bond acceptors (Lipinski definition) is 3. The van der Waals surface area contributed by atoms with Crippen molar-refractivity contribution in [2.24, 2.45) is 0 Å². The van der Waals surface area contributed by atoms with Gasteiger partial charge in [-0.25, -0.2) is 14.4 Å². The molecule has 0 bridgehead atoms. The lowest BCUT2D eigenvalue weighted by atomic mass is 9.98. The SMILES string of the molecule is Cc1cc(-c2cccc(F)c2)nc(C2CCCNC2)n1. The molecule has 0 saturated carbocycles. The molecule has 1 unspecified atom stereocenters. The van der Waals surface area contributed by atoms with Crippen molar-refractivity contribution in [1.29, 1.82) is 0 Å². The minimum atomic E-state index is -0.236. The summed E-state index contributed by atoms with van der Waals surface area (Å²) in [5.41, 5.74) is 2.54. The first kappa shape index (κ1) is 13.2. The second kappa shape index (κ2) is 5.67. The van der Waals surface area contributed by atoms with E-state index in [1.54, 1.807) is 6.07 Å². The Bertz CT molecular complexity index is 606. The molecular formula is C16H18FN3. The van der Waals surface area contributed by atoms with Crippen LogP contribution in [0, 0.1) is 12.7 Å². The third-order valence-electron chi connectivity index (χ3n) is 3.65. The molecular weight excluding hydrogens is 253 g/mol. The topological polar surface area (TPSA) is 37.8 Å². The van der Waals surface area contributed by atoms with E-state index < -0.39 is 0 Å². The summed E-state index contributed by atoms with van der Waals surface area (Å²) in [5, 5.41) is 3.38. The van der Waals surface area contributed by atoms with Gasteiger partial charge >= 0.3 is 0 Å². The van der Waals surface area contributed by atoms with Gasteiger partial charge in [-0.3, -0.25) is 0 Å². The molecule has 104 valence electrons. The Balaban J connectivity index is 1.97. The second-order valence-electron chi connectivity index (χ2n) is 5.31. The molecule has 4 heteroatoms. The van der Waals surface area contributed by atoms with Crippen LogP contribution in [0.4, 0.5) is 4.39 Å². The fraction of sp³-hybridized carbons (Fsp3) is 0.375. The highest BCUT2D eigenvalue weighted by atomic mass is 19.1. The molecule has 0 radical (unpaired) electrons. The highest BCUT2D eigenvalue weighted by Crippen LogP contribution is 2.24. The Kier molecular flexibility index (Phi) is 3.74. The van der Waals surface area contributed by atoms with Crippen molar-refractivity contribution in [3.05, 3.63) is 47.7 Å². The van der Waals surface area contributed by atoms with E-state index in [1.165, 1.54) is 12.1 Å². The second-order valence-corrected chi connectivity index (χ2v) is 5.31. The number of piperidine rings is 1. The van der Waals surface area contributed by atoms with Gasteiger partial charge in [0.15, 0.2) is 0 Å². The largest absolute Gasteiger partial charge is 0.316 e. The van der Waals surface area contributed by atoms with Gasteiger partial charge in [0.05, 0.1) is 5.69 Å². The molecule has 1 aromatic carbocycles. The molecule has 0 amide bonds. The zero-order valence-corrected chi connectivity index (χ0v) is 11.6. The number of rotatable bonds is 2. The normalized spacial score (nSPS) is 19.0. The fourth-order valence-electron chi connectivity index (χ4n) is 2.64. The highest BCUT2D eigenvalue weighted by molar-refractivity contribution is 5.59. The smallest absolute Gasteiger partial charge is 0.133 e. The first-order valence-electron chi connectivity index (χ1n) is 7.04. The maximum Gasteiger partial charge on any atom is 0.133 e. The molecule has 1 atom stereocenters. The van der Waals surface area contributed by atoms with Crippen LogP contribution in [0.2, 0.25) is 0 Å². The Morgan fingerprint density at radius 1 is 1.25 bits per heavy atom. The Morgan fingerprint density at radius 3 is 2.90 bits per heavy atom. The van der Waals surface area contributed by atoms with Crippen molar-refractivity contribution in [2.45, 2.75) is 25.7 Å². The predicted octanol–water partition coefficient (Wildman–Crippen LogP) is 3.06. The van der Waals surface area contributed by atoms with Gasteiger partial charge in [0.1, 0.15) is 11.6 Å². The summed E-state index contributed by atoms with van der Waals surface area (Å²) in [5.74, 6) is 0.993. The van der Waals surface area contributed by atoms with Crippen LogP contribution in [0.3, 0.4) is 0 Å². The molecule has 2 heterocycles. The third-order valence-corrected chi connectivity index (χ3v) is 3.65. The minimum absolute atomic E-state index is 0.236. The van der Waals surface area contributed by atoms with Crippen LogP contribution >= 0.6 is 0 Å². The number of halogens is 1. The van der Waals surface area contributed by atoms with E-state index >= 15 is 0 Å². The number of benzene rings is 1. The minimum Gasteiger partial charge on any atom is -0.316 e. The molecule has 3 rings (SSSR count). The van der Waals surface area contributed by atoms with E-state index in [1.807, 2.05) is 19.1 Å². The molecule has 1 N–H and O–H groups in total. The molecule has 0 spiro atoms. The average molecular weight is 271 g/mol.